The standard InChI is InChI=1S/C10H14N6O/c1-15-5-8(12-6-15)10(17)13-9-7(3-11)4-16(2)14-9/h4-6H,3,11H2,1-2H3,(H,13,14,17). The fourth-order valence-corrected chi connectivity index (χ4v) is 1.49. The third-order valence-corrected chi connectivity index (χ3v) is 2.29. The van der Waals surface area contributed by atoms with Crippen LogP contribution in [0.1, 0.15) is 16.1 Å². The van der Waals surface area contributed by atoms with Gasteiger partial charge >= 0.3 is 0 Å². The number of nitrogens with two attached hydrogens (primary N) is 1. The normalized spacial score (nSPS) is 10.5. The molecule has 0 saturated carbocycles. The van der Waals surface area contributed by atoms with Crippen LogP contribution in [0, 0.1) is 0 Å². The zero-order chi connectivity index (χ0) is 12.4. The fraction of sp³-hybridized carbons (Fsp3) is 0.300. The van der Waals surface area contributed by atoms with E-state index >= 15 is 0 Å². The summed E-state index contributed by atoms with van der Waals surface area (Å²) in [6, 6.07) is 0. The molecule has 1 amide bonds. The maximum Gasteiger partial charge on any atom is 0.277 e. The number of amides is 1. The topological polar surface area (TPSA) is 90.8 Å². The summed E-state index contributed by atoms with van der Waals surface area (Å²) in [5.41, 5.74) is 6.70. The van der Waals surface area contributed by atoms with Gasteiger partial charge in [0.15, 0.2) is 5.82 Å². The Morgan fingerprint density at radius 2 is 2.24 bits per heavy atom. The van der Waals surface area contributed by atoms with Gasteiger partial charge in [-0.05, 0) is 0 Å². The summed E-state index contributed by atoms with van der Waals surface area (Å²) in [5, 5.41) is 6.81. The minimum Gasteiger partial charge on any atom is -0.340 e. The first-order valence-corrected chi connectivity index (χ1v) is 5.12. The van der Waals surface area contributed by atoms with Gasteiger partial charge in [0, 0.05) is 38.6 Å². The highest BCUT2D eigenvalue weighted by Crippen LogP contribution is 2.12. The summed E-state index contributed by atoms with van der Waals surface area (Å²) in [4.78, 5) is 15.8. The van der Waals surface area contributed by atoms with Gasteiger partial charge in [0.2, 0.25) is 0 Å². The lowest BCUT2D eigenvalue weighted by Gasteiger charge is -2.00. The lowest BCUT2D eigenvalue weighted by atomic mass is 10.3. The van der Waals surface area contributed by atoms with Crippen LogP contribution in [0.5, 0.6) is 0 Å². The van der Waals surface area contributed by atoms with Crippen LogP contribution in [0.3, 0.4) is 0 Å². The smallest absolute Gasteiger partial charge is 0.277 e. The van der Waals surface area contributed by atoms with E-state index in [0.29, 0.717) is 18.1 Å². The molecule has 7 nitrogen and oxygen atoms in total. The highest BCUT2D eigenvalue weighted by Gasteiger charge is 2.13. The third-order valence-electron chi connectivity index (χ3n) is 2.29. The van der Waals surface area contributed by atoms with Gasteiger partial charge < -0.3 is 15.6 Å². The van der Waals surface area contributed by atoms with Crippen LogP contribution < -0.4 is 11.1 Å². The van der Waals surface area contributed by atoms with Gasteiger partial charge in [-0.15, -0.1) is 0 Å². The molecule has 0 atom stereocenters. The lowest BCUT2D eigenvalue weighted by molar-refractivity contribution is 0.102. The van der Waals surface area contributed by atoms with E-state index in [9.17, 15) is 4.79 Å². The molecule has 3 N–H and O–H groups in total. The van der Waals surface area contributed by atoms with Crippen LogP contribution in [0.4, 0.5) is 5.82 Å². The maximum absolute atomic E-state index is 11.8. The van der Waals surface area contributed by atoms with Gasteiger partial charge in [-0.25, -0.2) is 4.98 Å². The molecule has 2 aromatic heterocycles. The molecule has 0 bridgehead atoms. The van der Waals surface area contributed by atoms with E-state index in [-0.39, 0.29) is 5.91 Å². The minimum absolute atomic E-state index is 0.293. The Labute approximate surface area is 98.2 Å². The average Bonchev–Trinajstić information content (AvgIpc) is 2.85. The summed E-state index contributed by atoms with van der Waals surface area (Å²) >= 11 is 0. The molecule has 90 valence electrons. The van der Waals surface area contributed by atoms with Crippen molar-refractivity contribution in [3.63, 3.8) is 0 Å². The van der Waals surface area contributed by atoms with Gasteiger partial charge in [0.25, 0.3) is 5.91 Å². The number of rotatable bonds is 3. The van der Waals surface area contributed by atoms with Crippen LogP contribution in [-0.2, 0) is 20.6 Å². The molecule has 0 aliphatic rings. The Balaban J connectivity index is 2.18. The van der Waals surface area contributed by atoms with Gasteiger partial charge in [-0.2, -0.15) is 5.10 Å². The fourth-order valence-electron chi connectivity index (χ4n) is 1.49. The first kappa shape index (κ1) is 11.3. The SMILES string of the molecule is Cn1cnc(C(=O)Nc2nn(C)cc2CN)c1. The summed E-state index contributed by atoms with van der Waals surface area (Å²) in [6.45, 7) is 0.325. The molecular formula is C10H14N6O. The molecule has 0 aliphatic carbocycles. The first-order valence-electron chi connectivity index (χ1n) is 5.12. The number of carbonyl (C=O) groups is 1. The van der Waals surface area contributed by atoms with Crippen molar-refractivity contribution in [3.05, 3.63) is 30.0 Å². The second kappa shape index (κ2) is 4.38. The van der Waals surface area contributed by atoms with Crippen LogP contribution in [0.25, 0.3) is 0 Å². The molecule has 0 saturated heterocycles. The number of anilines is 1. The second-order valence-electron chi connectivity index (χ2n) is 3.76. The summed E-state index contributed by atoms with van der Waals surface area (Å²) in [7, 11) is 3.57. The molecule has 2 rings (SSSR count). The Bertz CT molecular complexity index is 541. The molecular weight excluding hydrogens is 220 g/mol. The van der Waals surface area contributed by atoms with E-state index in [1.807, 2.05) is 0 Å². The largest absolute Gasteiger partial charge is 0.340 e. The highest BCUT2D eigenvalue weighted by molar-refractivity contribution is 6.02. The molecule has 0 aromatic carbocycles. The van der Waals surface area contributed by atoms with Crippen LogP contribution in [0.15, 0.2) is 18.7 Å². The van der Waals surface area contributed by atoms with Gasteiger partial charge in [-0.3, -0.25) is 9.48 Å². The predicted octanol–water partition coefficient (Wildman–Crippen LogP) is -0.135. The van der Waals surface area contributed by atoms with Crippen LogP contribution in [0.2, 0.25) is 0 Å². The number of hydrogen-bond acceptors (Lipinski definition) is 4. The van der Waals surface area contributed by atoms with E-state index in [4.69, 9.17) is 5.73 Å². The monoisotopic (exact) mass is 234 g/mol. The summed E-state index contributed by atoms with van der Waals surface area (Å²) in [5.74, 6) is 0.185. The van der Waals surface area contributed by atoms with E-state index in [1.54, 1.807) is 42.1 Å². The van der Waals surface area contributed by atoms with E-state index in [1.165, 1.54) is 0 Å². The Hall–Kier alpha value is -2.15. The van der Waals surface area contributed by atoms with E-state index in [0.717, 1.165) is 5.56 Å². The zero-order valence-electron chi connectivity index (χ0n) is 9.71. The van der Waals surface area contributed by atoms with Crippen LogP contribution >= 0.6 is 0 Å². The van der Waals surface area contributed by atoms with Gasteiger partial charge in [0.1, 0.15) is 5.69 Å². The van der Waals surface area contributed by atoms with Crippen molar-refractivity contribution in [3.8, 4) is 0 Å². The van der Waals surface area contributed by atoms with Gasteiger partial charge in [0.05, 0.1) is 6.33 Å². The molecule has 0 unspecified atom stereocenters. The number of hydrogen-bond donors (Lipinski definition) is 2. The van der Waals surface area contributed by atoms with Crippen molar-refractivity contribution in [2.24, 2.45) is 19.8 Å². The molecule has 7 heteroatoms. The molecule has 0 radical (unpaired) electrons. The minimum atomic E-state index is -0.293. The molecule has 0 fully saturated rings. The number of aromatic nitrogens is 4. The van der Waals surface area contributed by atoms with Gasteiger partial charge in [-0.1, -0.05) is 0 Å². The quantitative estimate of drug-likeness (QED) is 0.773. The number of carbonyl (C=O) groups excluding carboxylic acids is 1. The number of imidazole rings is 1. The van der Waals surface area contributed by atoms with E-state index < -0.39 is 0 Å². The molecule has 17 heavy (non-hydrogen) atoms. The number of nitrogens with zero attached hydrogens (tertiary/aromatic N) is 4. The second-order valence-corrected chi connectivity index (χ2v) is 3.76. The Morgan fingerprint density at radius 1 is 1.47 bits per heavy atom. The van der Waals surface area contributed by atoms with Crippen molar-refractivity contribution in [1.82, 2.24) is 19.3 Å². The number of aryl methyl sites for hydroxylation is 2. The zero-order valence-corrected chi connectivity index (χ0v) is 9.71. The average molecular weight is 234 g/mol. The molecule has 2 heterocycles. The third kappa shape index (κ3) is 2.34. The predicted molar refractivity (Wildman–Crippen MR) is 62.3 cm³/mol. The molecule has 2 aromatic rings. The molecule has 0 spiro atoms. The van der Waals surface area contributed by atoms with Crippen molar-refractivity contribution in [1.29, 1.82) is 0 Å². The Kier molecular flexibility index (Phi) is 2.92. The van der Waals surface area contributed by atoms with Crippen LogP contribution in [-0.4, -0.2) is 25.2 Å². The highest BCUT2D eigenvalue weighted by atomic mass is 16.2. The molecule has 0 aliphatic heterocycles. The van der Waals surface area contributed by atoms with Crippen molar-refractivity contribution >= 4 is 11.7 Å². The first-order chi connectivity index (χ1) is 8.10. The lowest BCUT2D eigenvalue weighted by Crippen LogP contribution is -2.14. The Morgan fingerprint density at radius 3 is 2.82 bits per heavy atom. The number of nitrogens with one attached hydrogen (secondary N) is 1. The maximum atomic E-state index is 11.8. The van der Waals surface area contributed by atoms with Crippen molar-refractivity contribution in [2.45, 2.75) is 6.54 Å². The van der Waals surface area contributed by atoms with Crippen molar-refractivity contribution < 1.29 is 4.79 Å². The summed E-state index contributed by atoms with van der Waals surface area (Å²) < 4.78 is 3.31. The van der Waals surface area contributed by atoms with E-state index in [2.05, 4.69) is 15.4 Å². The summed E-state index contributed by atoms with van der Waals surface area (Å²) in [6.07, 6.45) is 4.98. The van der Waals surface area contributed by atoms with Crippen molar-refractivity contribution in [2.75, 3.05) is 5.32 Å².